The van der Waals surface area contributed by atoms with Gasteiger partial charge in [-0.15, -0.1) is 0 Å². The van der Waals surface area contributed by atoms with Crippen LogP contribution >= 0.6 is 0 Å². The van der Waals surface area contributed by atoms with Gasteiger partial charge in [0, 0.05) is 17.8 Å². The number of aromatic nitrogens is 4. The number of carbonyl (C=O) groups is 1. The zero-order valence-corrected chi connectivity index (χ0v) is 15.1. The highest BCUT2D eigenvalue weighted by atomic mass is 19.4. The maximum atomic E-state index is 13.2. The van der Waals surface area contributed by atoms with Crippen LogP contribution in [0.15, 0.2) is 0 Å². The summed E-state index contributed by atoms with van der Waals surface area (Å²) in [6.07, 6.45) is -2.12. The second-order valence-electron chi connectivity index (χ2n) is 6.55. The predicted molar refractivity (Wildman–Crippen MR) is 89.9 cm³/mol. The zero-order chi connectivity index (χ0) is 19.1. The Labute approximate surface area is 149 Å². The van der Waals surface area contributed by atoms with Crippen LogP contribution in [-0.2, 0) is 36.9 Å². The van der Waals surface area contributed by atoms with E-state index in [1.54, 1.807) is 11.6 Å². The number of hydrogen-bond acceptors (Lipinski definition) is 3. The molecule has 9 heteroatoms. The molecule has 1 amide bonds. The minimum Gasteiger partial charge on any atom is -0.321 e. The molecule has 1 aliphatic carbocycles. The molecule has 0 bridgehead atoms. The third-order valence-corrected chi connectivity index (χ3v) is 4.76. The molecule has 0 fully saturated rings. The van der Waals surface area contributed by atoms with Crippen LogP contribution in [0.5, 0.6) is 0 Å². The summed E-state index contributed by atoms with van der Waals surface area (Å²) in [6, 6.07) is 0. The van der Waals surface area contributed by atoms with Crippen LogP contribution in [0.2, 0.25) is 0 Å². The van der Waals surface area contributed by atoms with Crippen molar-refractivity contribution >= 4 is 11.6 Å². The lowest BCUT2D eigenvalue weighted by Crippen LogP contribution is -2.22. The van der Waals surface area contributed by atoms with Crippen LogP contribution in [0.25, 0.3) is 0 Å². The first kappa shape index (κ1) is 18.5. The van der Waals surface area contributed by atoms with Gasteiger partial charge in [0.2, 0.25) is 5.91 Å². The van der Waals surface area contributed by atoms with Crippen molar-refractivity contribution in [3.05, 3.63) is 28.3 Å². The molecule has 0 saturated heterocycles. The summed E-state index contributed by atoms with van der Waals surface area (Å²) >= 11 is 0. The number of nitrogens with zero attached hydrogens (tertiary/aromatic N) is 4. The minimum absolute atomic E-state index is 0.239. The molecule has 0 unspecified atom stereocenters. The van der Waals surface area contributed by atoms with Gasteiger partial charge in [-0.3, -0.25) is 14.2 Å². The lowest BCUT2D eigenvalue weighted by molar-refractivity contribution is -0.142. The van der Waals surface area contributed by atoms with Gasteiger partial charge in [-0.1, -0.05) is 0 Å². The van der Waals surface area contributed by atoms with Crippen molar-refractivity contribution in [2.45, 2.75) is 65.7 Å². The van der Waals surface area contributed by atoms with E-state index in [-0.39, 0.29) is 12.1 Å². The number of anilines is 1. The Bertz CT molecular complexity index is 835. The molecule has 1 aliphatic rings. The number of alkyl halides is 3. The molecule has 3 rings (SSSR count). The maximum Gasteiger partial charge on any atom is 0.435 e. The van der Waals surface area contributed by atoms with Gasteiger partial charge in [0.1, 0.15) is 6.54 Å². The Morgan fingerprint density at radius 2 is 1.85 bits per heavy atom. The largest absolute Gasteiger partial charge is 0.435 e. The molecule has 2 aromatic rings. The van der Waals surface area contributed by atoms with Crippen molar-refractivity contribution in [2.24, 2.45) is 0 Å². The molecule has 1 N–H and O–H groups in total. The fourth-order valence-electron chi connectivity index (χ4n) is 3.53. The highest BCUT2D eigenvalue weighted by Crippen LogP contribution is 2.35. The zero-order valence-electron chi connectivity index (χ0n) is 15.1. The van der Waals surface area contributed by atoms with E-state index in [2.05, 4.69) is 15.5 Å². The van der Waals surface area contributed by atoms with Crippen LogP contribution < -0.4 is 5.32 Å². The number of nitrogens with one attached hydrogen (secondary N) is 1. The van der Waals surface area contributed by atoms with Crippen molar-refractivity contribution in [1.82, 2.24) is 19.6 Å². The number of carbonyl (C=O) groups excluding carboxylic acids is 1. The number of amides is 1. The van der Waals surface area contributed by atoms with Gasteiger partial charge in [0.05, 0.1) is 17.1 Å². The molecule has 0 radical (unpaired) electrons. The number of aryl methyl sites for hydroxylation is 2. The molecule has 2 aromatic heterocycles. The highest BCUT2D eigenvalue weighted by molar-refractivity contribution is 5.91. The summed E-state index contributed by atoms with van der Waals surface area (Å²) in [6.45, 7) is 6.00. The Balaban J connectivity index is 1.84. The standard InChI is InChI=1S/C17H22F3N5O/c1-4-24-11(3)15(10(2)22-24)21-14(26)9-25-13-8-6-5-7-12(13)16(23-25)17(18,19)20/h4-9H2,1-3H3,(H,21,26). The average Bonchev–Trinajstić information content (AvgIpc) is 3.07. The van der Waals surface area contributed by atoms with Crippen molar-refractivity contribution in [1.29, 1.82) is 0 Å². The third-order valence-electron chi connectivity index (χ3n) is 4.76. The summed E-state index contributed by atoms with van der Waals surface area (Å²) in [7, 11) is 0. The number of hydrogen-bond donors (Lipinski definition) is 1. The summed E-state index contributed by atoms with van der Waals surface area (Å²) in [5.74, 6) is -0.406. The maximum absolute atomic E-state index is 13.2. The quantitative estimate of drug-likeness (QED) is 0.900. The van der Waals surface area contributed by atoms with E-state index in [0.717, 1.165) is 12.1 Å². The van der Waals surface area contributed by atoms with Gasteiger partial charge in [0.25, 0.3) is 0 Å². The monoisotopic (exact) mass is 369 g/mol. The molecule has 0 aliphatic heterocycles. The first-order valence-corrected chi connectivity index (χ1v) is 8.72. The van der Waals surface area contributed by atoms with E-state index in [0.29, 0.717) is 42.9 Å². The van der Waals surface area contributed by atoms with Gasteiger partial charge in [-0.2, -0.15) is 23.4 Å². The van der Waals surface area contributed by atoms with Crippen molar-refractivity contribution in [3.63, 3.8) is 0 Å². The predicted octanol–water partition coefficient (Wildman–Crippen LogP) is 3.25. The molecule has 0 atom stereocenters. The van der Waals surface area contributed by atoms with E-state index in [9.17, 15) is 18.0 Å². The third kappa shape index (κ3) is 3.34. The summed E-state index contributed by atoms with van der Waals surface area (Å²) in [5, 5.41) is 10.8. The fourth-order valence-corrected chi connectivity index (χ4v) is 3.53. The number of rotatable bonds is 4. The molecule has 2 heterocycles. The van der Waals surface area contributed by atoms with Gasteiger partial charge in [-0.25, -0.2) is 0 Å². The minimum atomic E-state index is -4.50. The lowest BCUT2D eigenvalue weighted by atomic mass is 9.95. The van der Waals surface area contributed by atoms with Crippen LogP contribution in [0.1, 0.15) is 48.1 Å². The average molecular weight is 369 g/mol. The lowest BCUT2D eigenvalue weighted by Gasteiger charge is -2.14. The smallest absolute Gasteiger partial charge is 0.321 e. The fraction of sp³-hybridized carbons (Fsp3) is 0.588. The van der Waals surface area contributed by atoms with E-state index >= 15 is 0 Å². The van der Waals surface area contributed by atoms with Crippen LogP contribution in [-0.4, -0.2) is 25.5 Å². The van der Waals surface area contributed by atoms with Crippen molar-refractivity contribution < 1.29 is 18.0 Å². The second-order valence-corrected chi connectivity index (χ2v) is 6.55. The molecule has 142 valence electrons. The van der Waals surface area contributed by atoms with Gasteiger partial charge >= 0.3 is 6.18 Å². The number of halogens is 3. The Morgan fingerprint density at radius 1 is 1.15 bits per heavy atom. The molecular formula is C17H22F3N5O. The topological polar surface area (TPSA) is 64.7 Å². The highest BCUT2D eigenvalue weighted by Gasteiger charge is 2.39. The van der Waals surface area contributed by atoms with E-state index in [4.69, 9.17) is 0 Å². The van der Waals surface area contributed by atoms with Crippen LogP contribution in [0, 0.1) is 13.8 Å². The van der Waals surface area contributed by atoms with Crippen molar-refractivity contribution in [3.8, 4) is 0 Å². The molecule has 6 nitrogen and oxygen atoms in total. The summed E-state index contributed by atoms with van der Waals surface area (Å²) < 4.78 is 42.7. The molecule has 0 aromatic carbocycles. The van der Waals surface area contributed by atoms with E-state index in [1.165, 1.54) is 4.68 Å². The molecule has 0 spiro atoms. The van der Waals surface area contributed by atoms with Gasteiger partial charge < -0.3 is 5.32 Å². The second kappa shape index (κ2) is 6.77. The molecule has 26 heavy (non-hydrogen) atoms. The van der Waals surface area contributed by atoms with Crippen LogP contribution in [0.3, 0.4) is 0 Å². The van der Waals surface area contributed by atoms with E-state index < -0.39 is 17.8 Å². The Hall–Kier alpha value is -2.32. The Kier molecular flexibility index (Phi) is 4.81. The first-order valence-electron chi connectivity index (χ1n) is 8.72. The summed E-state index contributed by atoms with van der Waals surface area (Å²) in [5.41, 5.74) is 2.01. The molecule has 0 saturated carbocycles. The molecular weight excluding hydrogens is 347 g/mol. The van der Waals surface area contributed by atoms with E-state index in [1.807, 2.05) is 13.8 Å². The Morgan fingerprint density at radius 3 is 2.46 bits per heavy atom. The number of fused-ring (bicyclic) bond motifs is 1. The SMILES string of the molecule is CCn1nc(C)c(NC(=O)Cn2nc(C(F)(F)F)c3c2CCCC3)c1C. The summed E-state index contributed by atoms with van der Waals surface area (Å²) in [4.78, 5) is 12.4. The first-order chi connectivity index (χ1) is 12.2. The van der Waals surface area contributed by atoms with Gasteiger partial charge in [-0.05, 0) is 46.5 Å². The van der Waals surface area contributed by atoms with Gasteiger partial charge in [0.15, 0.2) is 5.69 Å². The van der Waals surface area contributed by atoms with Crippen molar-refractivity contribution in [2.75, 3.05) is 5.32 Å². The normalized spacial score (nSPS) is 14.4. The van der Waals surface area contributed by atoms with Crippen LogP contribution in [0.4, 0.5) is 18.9 Å².